The number of carboxylic acid groups (broad SMARTS) is 1. The van der Waals surface area contributed by atoms with Crippen molar-refractivity contribution in [3.63, 3.8) is 0 Å². The molecular weight excluding hydrogens is 604 g/mol. The van der Waals surface area contributed by atoms with E-state index in [0.29, 0.717) is 58.9 Å². The summed E-state index contributed by atoms with van der Waals surface area (Å²) in [6.45, 7) is 0.500. The maximum Gasteiger partial charge on any atom is 0.340 e. The highest BCUT2D eigenvalue weighted by atomic mass is 32.1. The molecule has 0 saturated carbocycles. The first-order valence-corrected chi connectivity index (χ1v) is 14.5. The molecule has 0 saturated heterocycles. The van der Waals surface area contributed by atoms with E-state index in [1.807, 2.05) is 0 Å². The Kier molecular flexibility index (Phi) is 8.77. The lowest BCUT2D eigenvalue weighted by atomic mass is 9.77. The van der Waals surface area contributed by atoms with Crippen molar-refractivity contribution in [1.82, 2.24) is 10.6 Å². The van der Waals surface area contributed by atoms with Gasteiger partial charge in [0.25, 0.3) is 0 Å². The van der Waals surface area contributed by atoms with Crippen molar-refractivity contribution >= 4 is 46.8 Å². The van der Waals surface area contributed by atoms with Gasteiger partial charge in [0.05, 0.1) is 12.0 Å². The number of fused-ring (bicyclic) bond motifs is 6. The zero-order valence-corrected chi connectivity index (χ0v) is 24.6. The number of phenols is 2. The molecule has 0 radical (unpaired) electrons. The Morgan fingerprint density at radius 2 is 1.56 bits per heavy atom. The number of nitrogens with one attached hydrogen (secondary N) is 3. The Hall–Kier alpha value is -5.37. The summed E-state index contributed by atoms with van der Waals surface area (Å²) < 4.78 is 12.0. The summed E-state index contributed by atoms with van der Waals surface area (Å²) in [6.07, 6.45) is 1.39. The largest absolute Gasteiger partial charge is 0.508 e. The van der Waals surface area contributed by atoms with Crippen LogP contribution in [0.4, 0.5) is 5.69 Å². The van der Waals surface area contributed by atoms with E-state index in [2.05, 4.69) is 16.0 Å². The summed E-state index contributed by atoms with van der Waals surface area (Å²) in [5.41, 5.74) is 6.24. The Labute approximate surface area is 262 Å². The second-order valence-corrected chi connectivity index (χ2v) is 11.0. The Morgan fingerprint density at radius 3 is 2.18 bits per heavy atom. The zero-order valence-electron chi connectivity index (χ0n) is 23.8. The number of carbonyl (C=O) groups is 4. The number of carboxylic acids is 1. The van der Waals surface area contributed by atoms with E-state index in [0.717, 1.165) is 0 Å². The van der Waals surface area contributed by atoms with Crippen molar-refractivity contribution < 1.29 is 44.0 Å². The molecule has 2 aliphatic rings. The highest BCUT2D eigenvalue weighted by Gasteiger charge is 2.53. The average molecular weight is 635 g/mol. The summed E-state index contributed by atoms with van der Waals surface area (Å²) in [7, 11) is 0. The number of carbonyl (C=O) groups excluding carboxylic acids is 3. The Morgan fingerprint density at radius 1 is 0.911 bits per heavy atom. The first-order valence-electron chi connectivity index (χ1n) is 14.1. The molecule has 5 rings (SSSR count). The number of primary amides is 1. The van der Waals surface area contributed by atoms with E-state index in [4.69, 9.17) is 32.5 Å². The van der Waals surface area contributed by atoms with Crippen molar-refractivity contribution in [2.75, 3.05) is 11.9 Å². The van der Waals surface area contributed by atoms with Gasteiger partial charge in [-0.2, -0.15) is 0 Å². The summed E-state index contributed by atoms with van der Waals surface area (Å²) in [4.78, 5) is 47.4. The van der Waals surface area contributed by atoms with Gasteiger partial charge in [0, 0.05) is 47.5 Å². The number of aromatic hydroxyl groups is 2. The second-order valence-electron chi connectivity index (χ2n) is 10.6. The number of unbranched alkanes of at least 4 members (excludes halogenated alkanes) is 2. The minimum Gasteiger partial charge on any atom is -0.508 e. The van der Waals surface area contributed by atoms with Crippen LogP contribution >= 0.6 is 12.2 Å². The molecule has 2 amide bonds. The lowest BCUT2D eigenvalue weighted by Gasteiger charge is -2.36. The molecular formula is C31H30N4O9S. The van der Waals surface area contributed by atoms with Gasteiger partial charge >= 0.3 is 11.9 Å². The number of hydrogen-bond donors (Lipinski definition) is 7. The summed E-state index contributed by atoms with van der Waals surface area (Å²) in [5.74, 6) is -2.66. The van der Waals surface area contributed by atoms with Gasteiger partial charge in [0.1, 0.15) is 29.0 Å². The third-order valence-corrected chi connectivity index (χ3v) is 7.70. The SMILES string of the molecule is NC(=O)[C@H](CC(=O)O)NC(=O)CCCCCNC(=S)Nc1ccc2c(c1)C(=O)OC21c2ccc(O)cc2Oc2cc(O)ccc21. The molecule has 14 heteroatoms. The van der Waals surface area contributed by atoms with Crippen LogP contribution in [0, 0.1) is 0 Å². The van der Waals surface area contributed by atoms with Crippen LogP contribution in [0.25, 0.3) is 0 Å². The number of amides is 2. The third kappa shape index (κ3) is 6.45. The van der Waals surface area contributed by atoms with Crippen LogP contribution in [-0.4, -0.2) is 56.8 Å². The van der Waals surface area contributed by atoms with Gasteiger partial charge in [0.15, 0.2) is 10.7 Å². The molecule has 234 valence electrons. The topological polar surface area (TPSA) is 210 Å². The van der Waals surface area contributed by atoms with Gasteiger partial charge < -0.3 is 46.5 Å². The molecule has 0 unspecified atom stereocenters. The highest BCUT2D eigenvalue weighted by molar-refractivity contribution is 7.80. The van der Waals surface area contributed by atoms with Crippen LogP contribution in [0.3, 0.4) is 0 Å². The minimum absolute atomic E-state index is 0.0329. The maximum absolute atomic E-state index is 13.3. The Balaban J connectivity index is 1.19. The fraction of sp³-hybridized carbons (Fsp3) is 0.258. The fourth-order valence-corrected chi connectivity index (χ4v) is 5.63. The number of nitrogens with two attached hydrogens (primary N) is 1. The minimum atomic E-state index is -1.36. The molecule has 3 aromatic rings. The van der Waals surface area contributed by atoms with Gasteiger partial charge in [-0.25, -0.2) is 4.79 Å². The number of aliphatic carboxylic acids is 1. The van der Waals surface area contributed by atoms with Gasteiger partial charge in [-0.15, -0.1) is 0 Å². The predicted molar refractivity (Wildman–Crippen MR) is 164 cm³/mol. The highest BCUT2D eigenvalue weighted by Crippen LogP contribution is 2.57. The molecule has 2 heterocycles. The summed E-state index contributed by atoms with van der Waals surface area (Å²) >= 11 is 5.41. The van der Waals surface area contributed by atoms with Gasteiger partial charge in [-0.05, 0) is 61.5 Å². The molecule has 0 fully saturated rings. The van der Waals surface area contributed by atoms with E-state index in [-0.39, 0.29) is 29.4 Å². The van der Waals surface area contributed by atoms with E-state index in [1.54, 1.807) is 30.3 Å². The number of anilines is 1. The monoisotopic (exact) mass is 634 g/mol. The molecule has 3 aromatic carbocycles. The van der Waals surface area contributed by atoms with Crippen LogP contribution in [0.5, 0.6) is 23.0 Å². The van der Waals surface area contributed by atoms with Crippen molar-refractivity contribution in [3.8, 4) is 23.0 Å². The zero-order chi connectivity index (χ0) is 32.3. The van der Waals surface area contributed by atoms with E-state index >= 15 is 0 Å². The normalized spacial score (nSPS) is 14.2. The van der Waals surface area contributed by atoms with Crippen molar-refractivity contribution in [2.45, 2.75) is 43.7 Å². The number of hydrogen-bond acceptors (Lipinski definition) is 9. The quantitative estimate of drug-likeness (QED) is 0.0923. The Bertz CT molecular complexity index is 1660. The standard InChI is InChI=1S/C31H30N4O9S/c32-28(41)23(15-27(39)40)35-26(38)4-2-1-3-11-33-30(45)34-16-5-8-20-19(12-16)29(42)44-31(20)21-9-6-17(36)13-24(21)43-25-14-18(37)7-10-22(25)31/h5-10,12-14,23,36-37H,1-4,11,15H2,(H2,32,41)(H,35,38)(H,39,40)(H2,33,34,45)/t23-/m0/s1. The molecule has 1 atom stereocenters. The van der Waals surface area contributed by atoms with Gasteiger partial charge in [-0.1, -0.05) is 12.5 Å². The average Bonchev–Trinajstić information content (AvgIpc) is 3.25. The van der Waals surface area contributed by atoms with Gasteiger partial charge in [-0.3, -0.25) is 14.4 Å². The molecule has 2 aliphatic heterocycles. The molecule has 1 spiro atoms. The van der Waals surface area contributed by atoms with Crippen LogP contribution < -0.4 is 26.4 Å². The van der Waals surface area contributed by atoms with Crippen molar-refractivity contribution in [3.05, 3.63) is 76.9 Å². The van der Waals surface area contributed by atoms with Crippen LogP contribution in [0.1, 0.15) is 59.2 Å². The van der Waals surface area contributed by atoms with E-state index in [9.17, 15) is 29.4 Å². The number of phenolic OH excluding ortho intramolecular Hbond substituents is 2. The molecule has 13 nitrogen and oxygen atoms in total. The molecule has 0 bridgehead atoms. The number of ether oxygens (including phenoxy) is 2. The lowest BCUT2D eigenvalue weighted by Crippen LogP contribution is -2.45. The molecule has 8 N–H and O–H groups in total. The first kappa shape index (κ1) is 31.1. The van der Waals surface area contributed by atoms with Crippen LogP contribution in [-0.2, 0) is 24.7 Å². The molecule has 45 heavy (non-hydrogen) atoms. The van der Waals surface area contributed by atoms with Crippen molar-refractivity contribution in [2.24, 2.45) is 5.73 Å². The predicted octanol–water partition coefficient (Wildman–Crippen LogP) is 2.96. The maximum atomic E-state index is 13.3. The smallest absolute Gasteiger partial charge is 0.340 e. The van der Waals surface area contributed by atoms with Crippen LogP contribution in [0.2, 0.25) is 0 Å². The number of esters is 1. The van der Waals surface area contributed by atoms with Crippen molar-refractivity contribution in [1.29, 1.82) is 0 Å². The summed E-state index contributed by atoms with van der Waals surface area (Å²) in [5, 5.41) is 37.8. The number of rotatable bonds is 11. The first-order chi connectivity index (χ1) is 21.5. The van der Waals surface area contributed by atoms with Gasteiger partial charge in [0.2, 0.25) is 11.8 Å². The molecule has 0 aromatic heterocycles. The van der Waals surface area contributed by atoms with Crippen LogP contribution in [0.15, 0.2) is 54.6 Å². The fourth-order valence-electron chi connectivity index (χ4n) is 5.41. The third-order valence-electron chi connectivity index (χ3n) is 7.45. The molecule has 0 aliphatic carbocycles. The van der Waals surface area contributed by atoms with E-state index in [1.165, 1.54) is 24.3 Å². The number of thiocarbonyl (C=S) groups is 1. The van der Waals surface area contributed by atoms with E-state index < -0.39 is 41.8 Å². The lowest BCUT2D eigenvalue weighted by molar-refractivity contribution is -0.140. The summed E-state index contributed by atoms with van der Waals surface area (Å²) in [6, 6.07) is 13.0. The second kappa shape index (κ2) is 12.7. The number of benzene rings is 3.